The van der Waals surface area contributed by atoms with E-state index in [0.717, 1.165) is 12.1 Å². The number of carbonyl (C=O) groups is 1. The van der Waals surface area contributed by atoms with Gasteiger partial charge in [-0.05, 0) is 17.7 Å². The highest BCUT2D eigenvalue weighted by atomic mass is 19.3. The minimum absolute atomic E-state index is 0.184. The van der Waals surface area contributed by atoms with Crippen molar-refractivity contribution in [2.75, 3.05) is 0 Å². The van der Waals surface area contributed by atoms with Gasteiger partial charge in [0.1, 0.15) is 5.82 Å². The van der Waals surface area contributed by atoms with E-state index in [9.17, 15) is 18.0 Å². The zero-order valence-electron chi connectivity index (χ0n) is 7.66. The van der Waals surface area contributed by atoms with Crippen molar-refractivity contribution in [1.82, 2.24) is 0 Å². The normalized spacial score (nSPS) is 12.8. The molecule has 0 amide bonds. The Bertz CT molecular complexity index is 335. The first-order chi connectivity index (χ1) is 7.00. The van der Waals surface area contributed by atoms with Gasteiger partial charge in [-0.2, -0.15) is 0 Å². The largest absolute Gasteiger partial charge is 0.481 e. The molecular weight excluding hydrogens is 209 g/mol. The molecule has 1 atom stereocenters. The van der Waals surface area contributed by atoms with Crippen LogP contribution in [0.2, 0.25) is 0 Å². The number of alkyl halides is 2. The standard InChI is InChI=1S/C10H9F3O2/c11-7-3-1-6(2-4-7)8(10(14)15)5-9(12)13/h1-4,8-9H,5H2,(H,14,15). The van der Waals surface area contributed by atoms with Crippen molar-refractivity contribution in [3.63, 3.8) is 0 Å². The molecule has 1 unspecified atom stereocenters. The van der Waals surface area contributed by atoms with Crippen LogP contribution in [0.25, 0.3) is 0 Å². The average Bonchev–Trinajstić information content (AvgIpc) is 2.15. The Morgan fingerprint density at radius 2 is 1.80 bits per heavy atom. The van der Waals surface area contributed by atoms with Gasteiger partial charge in [0.05, 0.1) is 5.92 Å². The van der Waals surface area contributed by atoms with Gasteiger partial charge in [-0.3, -0.25) is 4.79 Å². The maximum absolute atomic E-state index is 12.5. The third kappa shape index (κ3) is 3.27. The number of carboxylic acids is 1. The Labute approximate surface area is 84.3 Å². The van der Waals surface area contributed by atoms with Crippen LogP contribution in [0.3, 0.4) is 0 Å². The molecule has 0 saturated carbocycles. The number of carboxylic acid groups (broad SMARTS) is 1. The van der Waals surface area contributed by atoms with Crippen LogP contribution in [-0.2, 0) is 4.79 Å². The lowest BCUT2D eigenvalue weighted by atomic mass is 9.96. The fourth-order valence-corrected chi connectivity index (χ4v) is 1.25. The average molecular weight is 218 g/mol. The molecule has 5 heteroatoms. The van der Waals surface area contributed by atoms with Crippen LogP contribution in [0.15, 0.2) is 24.3 Å². The lowest BCUT2D eigenvalue weighted by Crippen LogP contribution is -2.14. The van der Waals surface area contributed by atoms with Crippen molar-refractivity contribution in [1.29, 1.82) is 0 Å². The Morgan fingerprint density at radius 3 is 2.20 bits per heavy atom. The van der Waals surface area contributed by atoms with Crippen molar-refractivity contribution in [3.05, 3.63) is 35.6 Å². The molecule has 0 spiro atoms. The zero-order chi connectivity index (χ0) is 11.4. The lowest BCUT2D eigenvalue weighted by Gasteiger charge is -2.11. The van der Waals surface area contributed by atoms with Crippen LogP contribution < -0.4 is 0 Å². The highest BCUT2D eigenvalue weighted by molar-refractivity contribution is 5.76. The molecule has 0 aliphatic heterocycles. The van der Waals surface area contributed by atoms with Gasteiger partial charge in [-0.1, -0.05) is 12.1 Å². The van der Waals surface area contributed by atoms with Crippen molar-refractivity contribution in [2.24, 2.45) is 0 Å². The highest BCUT2D eigenvalue weighted by Gasteiger charge is 2.23. The van der Waals surface area contributed by atoms with Gasteiger partial charge >= 0.3 is 5.97 Å². The SMILES string of the molecule is O=C(O)C(CC(F)F)c1ccc(F)cc1. The molecule has 1 N–H and O–H groups in total. The van der Waals surface area contributed by atoms with Gasteiger partial charge in [0.15, 0.2) is 0 Å². The topological polar surface area (TPSA) is 37.3 Å². The van der Waals surface area contributed by atoms with E-state index in [1.165, 1.54) is 12.1 Å². The van der Waals surface area contributed by atoms with Crippen LogP contribution in [0.5, 0.6) is 0 Å². The third-order valence-electron chi connectivity index (χ3n) is 1.98. The summed E-state index contributed by atoms with van der Waals surface area (Å²) < 4.78 is 36.7. The number of rotatable bonds is 4. The Kier molecular flexibility index (Phi) is 3.71. The highest BCUT2D eigenvalue weighted by Crippen LogP contribution is 2.23. The predicted octanol–water partition coefficient (Wildman–Crippen LogP) is 2.65. The van der Waals surface area contributed by atoms with E-state index < -0.39 is 30.6 Å². The molecule has 1 rings (SSSR count). The smallest absolute Gasteiger partial charge is 0.311 e. The Morgan fingerprint density at radius 1 is 1.27 bits per heavy atom. The molecule has 1 aromatic rings. The second kappa shape index (κ2) is 4.82. The molecule has 0 saturated heterocycles. The summed E-state index contributed by atoms with van der Waals surface area (Å²) in [6.07, 6.45) is -3.46. The minimum atomic E-state index is -2.70. The van der Waals surface area contributed by atoms with Crippen LogP contribution in [0.4, 0.5) is 13.2 Å². The van der Waals surface area contributed by atoms with Crippen LogP contribution in [-0.4, -0.2) is 17.5 Å². The van der Waals surface area contributed by atoms with Crippen LogP contribution in [0.1, 0.15) is 17.9 Å². The van der Waals surface area contributed by atoms with Crippen molar-refractivity contribution < 1.29 is 23.1 Å². The van der Waals surface area contributed by atoms with Gasteiger partial charge in [-0.25, -0.2) is 13.2 Å². The third-order valence-corrected chi connectivity index (χ3v) is 1.98. The van der Waals surface area contributed by atoms with E-state index in [-0.39, 0.29) is 5.56 Å². The Hall–Kier alpha value is -1.52. The summed E-state index contributed by atoms with van der Waals surface area (Å²) >= 11 is 0. The molecule has 0 aliphatic rings. The Balaban J connectivity index is 2.89. The van der Waals surface area contributed by atoms with E-state index in [4.69, 9.17) is 5.11 Å². The number of hydrogen-bond acceptors (Lipinski definition) is 1. The first kappa shape index (κ1) is 11.6. The number of halogens is 3. The van der Waals surface area contributed by atoms with Crippen molar-refractivity contribution in [2.45, 2.75) is 18.8 Å². The summed E-state index contributed by atoms with van der Waals surface area (Å²) in [6.45, 7) is 0. The fraction of sp³-hybridized carbons (Fsp3) is 0.300. The van der Waals surface area contributed by atoms with Gasteiger partial charge in [0.25, 0.3) is 0 Å². The maximum Gasteiger partial charge on any atom is 0.311 e. The molecule has 2 nitrogen and oxygen atoms in total. The summed E-state index contributed by atoms with van der Waals surface area (Å²) in [5.74, 6) is -3.15. The summed E-state index contributed by atoms with van der Waals surface area (Å²) in [4.78, 5) is 10.7. The number of hydrogen-bond donors (Lipinski definition) is 1. The van der Waals surface area contributed by atoms with E-state index in [0.29, 0.717) is 0 Å². The minimum Gasteiger partial charge on any atom is -0.481 e. The maximum atomic E-state index is 12.5. The summed E-state index contributed by atoms with van der Waals surface area (Å²) in [7, 11) is 0. The summed E-state index contributed by atoms with van der Waals surface area (Å²) in [5, 5.41) is 8.72. The molecule has 15 heavy (non-hydrogen) atoms. The molecule has 0 aromatic heterocycles. The van der Waals surface area contributed by atoms with Gasteiger partial charge in [0, 0.05) is 6.42 Å². The first-order valence-electron chi connectivity index (χ1n) is 4.27. The van der Waals surface area contributed by atoms with E-state index in [1.807, 2.05) is 0 Å². The van der Waals surface area contributed by atoms with Crippen LogP contribution in [0, 0.1) is 5.82 Å². The first-order valence-corrected chi connectivity index (χ1v) is 4.27. The van der Waals surface area contributed by atoms with Gasteiger partial charge in [-0.15, -0.1) is 0 Å². The van der Waals surface area contributed by atoms with Gasteiger partial charge < -0.3 is 5.11 Å². The molecule has 0 bridgehead atoms. The summed E-state index contributed by atoms with van der Waals surface area (Å²) in [6, 6.07) is 4.51. The van der Waals surface area contributed by atoms with E-state index >= 15 is 0 Å². The number of aliphatic carboxylic acids is 1. The summed E-state index contributed by atoms with van der Waals surface area (Å²) in [5.41, 5.74) is 0.184. The molecule has 0 fully saturated rings. The van der Waals surface area contributed by atoms with Gasteiger partial charge in [0.2, 0.25) is 6.43 Å². The second-order valence-corrected chi connectivity index (χ2v) is 3.07. The van der Waals surface area contributed by atoms with E-state index in [1.54, 1.807) is 0 Å². The lowest BCUT2D eigenvalue weighted by molar-refractivity contribution is -0.139. The second-order valence-electron chi connectivity index (χ2n) is 3.07. The monoisotopic (exact) mass is 218 g/mol. The fourth-order valence-electron chi connectivity index (χ4n) is 1.25. The molecule has 0 heterocycles. The van der Waals surface area contributed by atoms with Crippen molar-refractivity contribution >= 4 is 5.97 Å². The molecular formula is C10H9F3O2. The molecule has 1 aromatic carbocycles. The predicted molar refractivity (Wildman–Crippen MR) is 47.4 cm³/mol. The van der Waals surface area contributed by atoms with Crippen molar-refractivity contribution in [3.8, 4) is 0 Å². The molecule has 0 aliphatic carbocycles. The quantitative estimate of drug-likeness (QED) is 0.843. The number of benzene rings is 1. The molecule has 0 radical (unpaired) electrons. The van der Waals surface area contributed by atoms with Crippen LogP contribution >= 0.6 is 0 Å². The van der Waals surface area contributed by atoms with E-state index in [2.05, 4.69) is 0 Å². The zero-order valence-corrected chi connectivity index (χ0v) is 7.66. The molecule has 82 valence electrons.